The van der Waals surface area contributed by atoms with Crippen molar-refractivity contribution in [2.45, 2.75) is 26.3 Å². The Morgan fingerprint density at radius 2 is 2.25 bits per heavy atom. The number of nitrogens with zero attached hydrogens (tertiary/aromatic N) is 3. The van der Waals surface area contributed by atoms with E-state index < -0.39 is 0 Å². The quantitative estimate of drug-likeness (QED) is 0.789. The topological polar surface area (TPSA) is 38.1 Å². The number of carbonyl (C=O) groups is 1. The fourth-order valence-electron chi connectivity index (χ4n) is 2.12. The van der Waals surface area contributed by atoms with Crippen LogP contribution >= 0.6 is 11.6 Å². The highest BCUT2D eigenvalue weighted by Crippen LogP contribution is 2.21. The van der Waals surface area contributed by atoms with Crippen LogP contribution in [-0.2, 0) is 18.4 Å². The molecule has 0 N–H and O–H groups in total. The maximum atomic E-state index is 11.3. The van der Waals surface area contributed by atoms with Crippen LogP contribution in [0.1, 0.15) is 24.1 Å². The van der Waals surface area contributed by atoms with Crippen LogP contribution in [-0.4, -0.2) is 33.6 Å². The highest BCUT2D eigenvalue weighted by Gasteiger charge is 2.20. The maximum Gasteiger partial charge on any atom is 0.146 e. The second kappa shape index (κ2) is 4.55. The molecule has 1 fully saturated rings. The largest absolute Gasteiger partial charge is 0.298 e. The number of aromatic nitrogens is 2. The summed E-state index contributed by atoms with van der Waals surface area (Å²) in [5, 5.41) is 4.94. The monoisotopic (exact) mass is 241 g/mol. The van der Waals surface area contributed by atoms with Crippen molar-refractivity contribution < 1.29 is 4.79 Å². The van der Waals surface area contributed by atoms with Crippen molar-refractivity contribution in [1.82, 2.24) is 14.7 Å². The van der Waals surface area contributed by atoms with Gasteiger partial charge in [0.25, 0.3) is 0 Å². The second-order valence-electron chi connectivity index (χ2n) is 4.33. The lowest BCUT2D eigenvalue weighted by molar-refractivity contribution is -0.122. The highest BCUT2D eigenvalue weighted by molar-refractivity contribution is 6.30. The molecular formula is C11H16ClN3O. The molecule has 4 nitrogen and oxygen atoms in total. The van der Waals surface area contributed by atoms with Gasteiger partial charge in [-0.15, -0.1) is 0 Å². The van der Waals surface area contributed by atoms with Crippen molar-refractivity contribution in [3.05, 3.63) is 16.4 Å². The minimum absolute atomic E-state index is 0.323. The molecule has 1 aliphatic heterocycles. The summed E-state index contributed by atoms with van der Waals surface area (Å²) in [7, 11) is 1.83. The molecular weight excluding hydrogens is 226 g/mol. The van der Waals surface area contributed by atoms with Gasteiger partial charge in [-0.3, -0.25) is 14.4 Å². The van der Waals surface area contributed by atoms with E-state index in [1.165, 1.54) is 0 Å². The van der Waals surface area contributed by atoms with E-state index >= 15 is 0 Å². The minimum atomic E-state index is 0.323. The molecule has 0 saturated carbocycles. The number of hydrogen-bond donors (Lipinski definition) is 0. The third-order valence-corrected chi connectivity index (χ3v) is 3.45. The first kappa shape index (κ1) is 11.6. The number of likely N-dealkylation sites (tertiary alicyclic amines) is 1. The zero-order valence-electron chi connectivity index (χ0n) is 9.66. The van der Waals surface area contributed by atoms with Gasteiger partial charge in [0.1, 0.15) is 10.9 Å². The zero-order chi connectivity index (χ0) is 11.7. The Morgan fingerprint density at radius 1 is 1.50 bits per heavy atom. The lowest BCUT2D eigenvalue weighted by Crippen LogP contribution is -2.35. The van der Waals surface area contributed by atoms with Crippen LogP contribution < -0.4 is 0 Å². The molecule has 0 atom stereocenters. The minimum Gasteiger partial charge on any atom is -0.298 e. The Labute approximate surface area is 100 Å². The molecule has 1 aromatic heterocycles. The molecule has 2 heterocycles. The number of ketones is 1. The van der Waals surface area contributed by atoms with Gasteiger partial charge in [-0.1, -0.05) is 11.6 Å². The third kappa shape index (κ3) is 2.28. The number of halogens is 1. The molecule has 0 spiro atoms. The van der Waals surface area contributed by atoms with E-state index in [2.05, 4.69) is 10.00 Å². The average Bonchev–Trinajstić information content (AvgIpc) is 2.45. The zero-order valence-corrected chi connectivity index (χ0v) is 10.4. The normalized spacial score (nSPS) is 18.1. The molecule has 0 unspecified atom stereocenters. The molecule has 0 aliphatic carbocycles. The lowest BCUT2D eigenvalue weighted by Gasteiger charge is -2.25. The van der Waals surface area contributed by atoms with E-state index in [1.807, 2.05) is 14.0 Å². The van der Waals surface area contributed by atoms with Gasteiger partial charge in [0.2, 0.25) is 0 Å². The van der Waals surface area contributed by atoms with Crippen LogP contribution in [0.25, 0.3) is 0 Å². The average molecular weight is 242 g/mol. The van der Waals surface area contributed by atoms with Gasteiger partial charge < -0.3 is 0 Å². The summed E-state index contributed by atoms with van der Waals surface area (Å²) in [5.41, 5.74) is 1.99. The van der Waals surface area contributed by atoms with Gasteiger partial charge >= 0.3 is 0 Å². The van der Waals surface area contributed by atoms with Crippen LogP contribution in [0.4, 0.5) is 0 Å². The molecule has 0 amide bonds. The van der Waals surface area contributed by atoms with Gasteiger partial charge in [0.15, 0.2) is 0 Å². The summed E-state index contributed by atoms with van der Waals surface area (Å²) < 4.78 is 1.68. The van der Waals surface area contributed by atoms with Crippen molar-refractivity contribution >= 4 is 17.4 Å². The van der Waals surface area contributed by atoms with E-state index in [-0.39, 0.29) is 0 Å². The van der Waals surface area contributed by atoms with E-state index in [0.29, 0.717) is 17.5 Å². The first-order valence-corrected chi connectivity index (χ1v) is 5.87. The van der Waals surface area contributed by atoms with Gasteiger partial charge in [-0.2, -0.15) is 5.10 Å². The van der Waals surface area contributed by atoms with Crippen molar-refractivity contribution in [3.8, 4) is 0 Å². The fraction of sp³-hybridized carbons (Fsp3) is 0.636. The van der Waals surface area contributed by atoms with Crippen molar-refractivity contribution in [1.29, 1.82) is 0 Å². The van der Waals surface area contributed by atoms with Crippen molar-refractivity contribution in [3.63, 3.8) is 0 Å². The van der Waals surface area contributed by atoms with E-state index in [4.69, 9.17) is 11.6 Å². The molecule has 88 valence electrons. The second-order valence-corrected chi connectivity index (χ2v) is 4.69. The first-order valence-electron chi connectivity index (χ1n) is 5.50. The smallest absolute Gasteiger partial charge is 0.146 e. The first-order chi connectivity index (χ1) is 7.58. The standard InChI is InChI=1S/C11H16ClN3O/c1-8-10(11(12)14(2)13-8)7-15-5-3-4-9(16)6-15/h3-7H2,1-2H3. The van der Waals surface area contributed by atoms with Crippen molar-refractivity contribution in [2.75, 3.05) is 13.1 Å². The van der Waals surface area contributed by atoms with E-state index in [1.54, 1.807) is 4.68 Å². The van der Waals surface area contributed by atoms with Gasteiger partial charge in [0.05, 0.1) is 12.2 Å². The lowest BCUT2D eigenvalue weighted by atomic mass is 10.1. The number of rotatable bonds is 2. The molecule has 1 aromatic rings. The number of hydrogen-bond acceptors (Lipinski definition) is 3. The molecule has 1 saturated heterocycles. The Hall–Kier alpha value is -0.870. The van der Waals surface area contributed by atoms with Gasteiger partial charge in [0, 0.05) is 25.6 Å². The molecule has 2 rings (SSSR count). The molecule has 1 aliphatic rings. The van der Waals surface area contributed by atoms with E-state index in [0.717, 1.165) is 37.2 Å². The summed E-state index contributed by atoms with van der Waals surface area (Å²) in [6, 6.07) is 0. The Morgan fingerprint density at radius 3 is 2.81 bits per heavy atom. The number of Topliss-reactive ketones (excluding diaryl/α,β-unsaturated/α-hetero) is 1. The number of aryl methyl sites for hydroxylation is 2. The highest BCUT2D eigenvalue weighted by atomic mass is 35.5. The van der Waals surface area contributed by atoms with Crippen LogP contribution in [0.3, 0.4) is 0 Å². The SMILES string of the molecule is Cc1nn(C)c(Cl)c1CN1CCCC(=O)C1. The predicted octanol–water partition coefficient (Wildman–Crippen LogP) is 1.55. The Balaban J connectivity index is 2.11. The van der Waals surface area contributed by atoms with E-state index in [9.17, 15) is 4.79 Å². The molecule has 0 radical (unpaired) electrons. The molecule has 5 heteroatoms. The Kier molecular flexibility index (Phi) is 3.30. The summed E-state index contributed by atoms with van der Waals surface area (Å²) in [5.74, 6) is 0.323. The van der Waals surface area contributed by atoms with Crippen LogP contribution in [0.2, 0.25) is 5.15 Å². The predicted molar refractivity (Wildman–Crippen MR) is 62.5 cm³/mol. The Bertz CT molecular complexity index is 414. The maximum absolute atomic E-state index is 11.3. The van der Waals surface area contributed by atoms with Crippen molar-refractivity contribution in [2.24, 2.45) is 7.05 Å². The van der Waals surface area contributed by atoms with Gasteiger partial charge in [-0.25, -0.2) is 0 Å². The summed E-state index contributed by atoms with van der Waals surface area (Å²) in [4.78, 5) is 13.5. The van der Waals surface area contributed by atoms with Crippen LogP contribution in [0.15, 0.2) is 0 Å². The van der Waals surface area contributed by atoms with Crippen LogP contribution in [0.5, 0.6) is 0 Å². The summed E-state index contributed by atoms with van der Waals surface area (Å²) in [6.45, 7) is 4.19. The molecule has 0 aromatic carbocycles. The van der Waals surface area contributed by atoms with Crippen LogP contribution in [0, 0.1) is 6.92 Å². The fourth-order valence-corrected chi connectivity index (χ4v) is 2.35. The van der Waals surface area contributed by atoms with Gasteiger partial charge in [-0.05, 0) is 19.9 Å². The molecule has 16 heavy (non-hydrogen) atoms. The third-order valence-electron chi connectivity index (χ3n) is 2.98. The molecule has 0 bridgehead atoms. The number of piperidine rings is 1. The number of carbonyl (C=O) groups excluding carboxylic acids is 1. The summed E-state index contributed by atoms with van der Waals surface area (Å²) >= 11 is 6.16. The summed E-state index contributed by atoms with van der Waals surface area (Å²) in [6.07, 6.45) is 1.67.